The van der Waals surface area contributed by atoms with Crippen LogP contribution in [0.25, 0.3) is 0 Å². The number of unbranched alkanes of at least 4 members (excludes halogenated alkanes) is 1. The Morgan fingerprint density at radius 1 is 1.32 bits per heavy atom. The highest BCUT2D eigenvalue weighted by atomic mass is 32.2. The van der Waals surface area contributed by atoms with E-state index < -0.39 is 10.2 Å². The van der Waals surface area contributed by atoms with Crippen LogP contribution in [-0.2, 0) is 10.2 Å². The van der Waals surface area contributed by atoms with Gasteiger partial charge < -0.3 is 5.32 Å². The highest BCUT2D eigenvalue weighted by Crippen LogP contribution is 2.22. The maximum Gasteiger partial charge on any atom is 0.282 e. The molecule has 0 aromatic heterocycles. The van der Waals surface area contributed by atoms with E-state index in [-0.39, 0.29) is 6.04 Å². The van der Waals surface area contributed by atoms with E-state index in [4.69, 9.17) is 0 Å². The quantitative estimate of drug-likeness (QED) is 0.736. The standard InChI is InChI=1S/C13H29N3O2S/c1-4-6-10-15(5-2)19(17,18)16-11-8-7-9-13(16)12-14-3/h13-14H,4-12H2,1-3H3. The lowest BCUT2D eigenvalue weighted by Gasteiger charge is -2.37. The lowest BCUT2D eigenvalue weighted by molar-refractivity contribution is 0.229. The smallest absolute Gasteiger partial charge is 0.282 e. The van der Waals surface area contributed by atoms with Crippen LogP contribution >= 0.6 is 0 Å². The molecule has 1 saturated heterocycles. The molecule has 0 bridgehead atoms. The molecule has 0 radical (unpaired) electrons. The monoisotopic (exact) mass is 291 g/mol. The van der Waals surface area contributed by atoms with Crippen LogP contribution in [0.1, 0.15) is 46.0 Å². The third-order valence-electron chi connectivity index (χ3n) is 3.75. The van der Waals surface area contributed by atoms with Crippen LogP contribution in [0.3, 0.4) is 0 Å². The first kappa shape index (κ1) is 16.9. The van der Waals surface area contributed by atoms with Crippen LogP contribution in [0.5, 0.6) is 0 Å². The maximum atomic E-state index is 12.7. The number of hydrogen-bond donors (Lipinski definition) is 1. The Balaban J connectivity index is 2.81. The van der Waals surface area contributed by atoms with E-state index in [9.17, 15) is 8.42 Å². The first-order valence-corrected chi connectivity index (χ1v) is 8.89. The first-order chi connectivity index (χ1) is 9.07. The summed E-state index contributed by atoms with van der Waals surface area (Å²) in [6.07, 6.45) is 5.01. The second-order valence-corrected chi connectivity index (χ2v) is 7.05. The highest BCUT2D eigenvalue weighted by molar-refractivity contribution is 7.86. The molecular formula is C13H29N3O2S. The zero-order chi connectivity index (χ0) is 14.3. The van der Waals surface area contributed by atoms with Crippen molar-refractivity contribution < 1.29 is 8.42 Å². The van der Waals surface area contributed by atoms with Gasteiger partial charge in [0.05, 0.1) is 0 Å². The molecule has 0 aromatic rings. The molecule has 1 atom stereocenters. The fourth-order valence-electron chi connectivity index (χ4n) is 2.64. The summed E-state index contributed by atoms with van der Waals surface area (Å²) in [5.41, 5.74) is 0. The molecule has 1 aliphatic rings. The van der Waals surface area contributed by atoms with E-state index in [0.717, 1.165) is 38.6 Å². The third-order valence-corrected chi connectivity index (χ3v) is 5.92. The summed E-state index contributed by atoms with van der Waals surface area (Å²) in [6, 6.07) is 0.111. The van der Waals surface area contributed by atoms with Gasteiger partial charge in [0, 0.05) is 32.2 Å². The normalized spacial score (nSPS) is 22.0. The Labute approximate surface area is 118 Å². The Morgan fingerprint density at radius 2 is 2.05 bits per heavy atom. The molecule has 6 heteroatoms. The molecular weight excluding hydrogens is 262 g/mol. The van der Waals surface area contributed by atoms with Crippen molar-refractivity contribution in [2.24, 2.45) is 0 Å². The average molecular weight is 291 g/mol. The summed E-state index contributed by atoms with van der Waals surface area (Å²) in [7, 11) is -1.41. The maximum absolute atomic E-state index is 12.7. The van der Waals surface area contributed by atoms with E-state index in [1.807, 2.05) is 14.0 Å². The van der Waals surface area contributed by atoms with Gasteiger partial charge in [-0.05, 0) is 26.3 Å². The molecule has 1 N–H and O–H groups in total. The van der Waals surface area contributed by atoms with Crippen molar-refractivity contribution >= 4 is 10.2 Å². The minimum Gasteiger partial charge on any atom is -0.318 e. The second-order valence-electron chi connectivity index (χ2n) is 5.17. The fraction of sp³-hybridized carbons (Fsp3) is 1.00. The number of piperidine rings is 1. The Morgan fingerprint density at radius 3 is 2.63 bits per heavy atom. The summed E-state index contributed by atoms with van der Waals surface area (Å²) in [5.74, 6) is 0. The number of likely N-dealkylation sites (N-methyl/N-ethyl adjacent to an activating group) is 1. The van der Waals surface area contributed by atoms with Gasteiger partial charge in [0.25, 0.3) is 10.2 Å². The summed E-state index contributed by atoms with van der Waals surface area (Å²) >= 11 is 0. The van der Waals surface area contributed by atoms with Gasteiger partial charge in [0.2, 0.25) is 0 Å². The van der Waals surface area contributed by atoms with Gasteiger partial charge >= 0.3 is 0 Å². The molecule has 1 aliphatic heterocycles. The van der Waals surface area contributed by atoms with Gasteiger partial charge in [-0.3, -0.25) is 0 Å². The van der Waals surface area contributed by atoms with Crippen LogP contribution in [0.4, 0.5) is 0 Å². The molecule has 1 fully saturated rings. The van der Waals surface area contributed by atoms with Gasteiger partial charge in [-0.15, -0.1) is 0 Å². The van der Waals surface area contributed by atoms with Crippen molar-refractivity contribution in [3.8, 4) is 0 Å². The largest absolute Gasteiger partial charge is 0.318 e. The van der Waals surface area contributed by atoms with Gasteiger partial charge in [-0.2, -0.15) is 17.0 Å². The van der Waals surface area contributed by atoms with Crippen molar-refractivity contribution in [1.29, 1.82) is 0 Å². The zero-order valence-corrected chi connectivity index (χ0v) is 13.4. The van der Waals surface area contributed by atoms with E-state index in [1.165, 1.54) is 0 Å². The van der Waals surface area contributed by atoms with Gasteiger partial charge in [0.15, 0.2) is 0 Å². The summed E-state index contributed by atoms with van der Waals surface area (Å²) < 4.78 is 28.8. The van der Waals surface area contributed by atoms with E-state index >= 15 is 0 Å². The molecule has 0 aliphatic carbocycles. The predicted molar refractivity (Wildman–Crippen MR) is 79.3 cm³/mol. The molecule has 19 heavy (non-hydrogen) atoms. The van der Waals surface area contributed by atoms with Crippen LogP contribution in [0.15, 0.2) is 0 Å². The minimum absolute atomic E-state index is 0.111. The van der Waals surface area contributed by atoms with Gasteiger partial charge in [0.1, 0.15) is 0 Å². The van der Waals surface area contributed by atoms with Gasteiger partial charge in [-0.25, -0.2) is 0 Å². The van der Waals surface area contributed by atoms with Crippen molar-refractivity contribution in [2.75, 3.05) is 33.2 Å². The Bertz CT molecular complexity index is 344. The topological polar surface area (TPSA) is 52.7 Å². The van der Waals surface area contributed by atoms with E-state index in [0.29, 0.717) is 19.6 Å². The van der Waals surface area contributed by atoms with Crippen molar-refractivity contribution in [3.63, 3.8) is 0 Å². The van der Waals surface area contributed by atoms with Crippen LogP contribution in [0.2, 0.25) is 0 Å². The molecule has 1 rings (SSSR count). The van der Waals surface area contributed by atoms with Crippen molar-refractivity contribution in [3.05, 3.63) is 0 Å². The predicted octanol–water partition coefficient (Wildman–Crippen LogP) is 1.43. The molecule has 1 heterocycles. The summed E-state index contributed by atoms with van der Waals surface area (Å²) in [6.45, 7) is 6.61. The van der Waals surface area contributed by atoms with Crippen molar-refractivity contribution in [1.82, 2.24) is 13.9 Å². The molecule has 0 aromatic carbocycles. The third kappa shape index (κ3) is 4.41. The lowest BCUT2D eigenvalue weighted by atomic mass is 10.1. The number of hydrogen-bond acceptors (Lipinski definition) is 3. The van der Waals surface area contributed by atoms with Crippen LogP contribution in [0, 0.1) is 0 Å². The molecule has 114 valence electrons. The summed E-state index contributed by atoms with van der Waals surface area (Å²) in [5, 5.41) is 3.11. The Kier molecular flexibility index (Phi) is 7.28. The number of nitrogens with zero attached hydrogens (tertiary/aromatic N) is 2. The molecule has 5 nitrogen and oxygen atoms in total. The summed E-state index contributed by atoms with van der Waals surface area (Å²) in [4.78, 5) is 0. The first-order valence-electron chi connectivity index (χ1n) is 7.49. The van der Waals surface area contributed by atoms with Gasteiger partial charge in [-0.1, -0.05) is 26.7 Å². The molecule has 0 saturated carbocycles. The molecule has 0 spiro atoms. The number of nitrogens with one attached hydrogen (secondary N) is 1. The van der Waals surface area contributed by atoms with Crippen LogP contribution < -0.4 is 5.32 Å². The van der Waals surface area contributed by atoms with Crippen molar-refractivity contribution in [2.45, 2.75) is 52.0 Å². The average Bonchev–Trinajstić information content (AvgIpc) is 2.40. The molecule has 0 amide bonds. The zero-order valence-electron chi connectivity index (χ0n) is 12.6. The van der Waals surface area contributed by atoms with E-state index in [1.54, 1.807) is 8.61 Å². The minimum atomic E-state index is -3.29. The fourth-order valence-corrected chi connectivity index (χ4v) is 4.54. The van der Waals surface area contributed by atoms with E-state index in [2.05, 4.69) is 12.2 Å². The number of rotatable bonds is 8. The second kappa shape index (κ2) is 8.19. The Hall–Kier alpha value is -0.170. The van der Waals surface area contributed by atoms with Crippen LogP contribution in [-0.4, -0.2) is 56.3 Å². The highest BCUT2D eigenvalue weighted by Gasteiger charge is 2.35. The lowest BCUT2D eigenvalue weighted by Crippen LogP contribution is -2.53. The SMILES string of the molecule is CCCCN(CC)S(=O)(=O)N1CCCCC1CNC. The molecule has 1 unspecified atom stereocenters.